The fourth-order valence-electron chi connectivity index (χ4n) is 2.56. The number of amides is 1. The minimum Gasteiger partial charge on any atom is -0.339 e. The number of carbonyl (C=O) groups excluding carboxylic acids is 1. The van der Waals surface area contributed by atoms with E-state index in [0.29, 0.717) is 30.4 Å². The summed E-state index contributed by atoms with van der Waals surface area (Å²) in [5.74, 6) is 0.943. The molecule has 0 spiro atoms. The van der Waals surface area contributed by atoms with Gasteiger partial charge in [-0.3, -0.25) is 4.79 Å². The molecule has 1 amide bonds. The number of halogens is 1. The molecule has 2 heterocycles. The lowest BCUT2D eigenvalue weighted by Crippen LogP contribution is -2.29. The normalized spacial score (nSPS) is 13.7. The van der Waals surface area contributed by atoms with Gasteiger partial charge >= 0.3 is 0 Å². The fraction of sp³-hybridized carbons (Fsp3) is 0.438. The summed E-state index contributed by atoms with van der Waals surface area (Å²) in [6.45, 7) is 4.56. The number of rotatable bonds is 4. The predicted octanol–water partition coefficient (Wildman–Crippen LogP) is 2.85. The Bertz CT molecular complexity index is 696. The van der Waals surface area contributed by atoms with Crippen molar-refractivity contribution in [3.8, 4) is 0 Å². The van der Waals surface area contributed by atoms with Gasteiger partial charge in [-0.2, -0.15) is 4.98 Å². The molecule has 1 aromatic carbocycles. The third-order valence-corrected chi connectivity index (χ3v) is 3.80. The van der Waals surface area contributed by atoms with Crippen LogP contribution in [0.4, 0.5) is 10.1 Å². The van der Waals surface area contributed by atoms with Gasteiger partial charge in [0.05, 0.1) is 0 Å². The maximum absolute atomic E-state index is 13.4. The highest BCUT2D eigenvalue weighted by Crippen LogP contribution is 2.29. The van der Waals surface area contributed by atoms with Crippen molar-refractivity contribution in [1.29, 1.82) is 0 Å². The van der Waals surface area contributed by atoms with Crippen LogP contribution in [-0.2, 0) is 17.6 Å². The molecular formula is C16H18FN3O2. The molecule has 22 heavy (non-hydrogen) atoms. The van der Waals surface area contributed by atoms with Crippen LogP contribution >= 0.6 is 0 Å². The van der Waals surface area contributed by atoms with Gasteiger partial charge in [0, 0.05) is 31.0 Å². The average Bonchev–Trinajstić information content (AvgIpc) is 3.11. The molecule has 0 saturated heterocycles. The predicted molar refractivity (Wildman–Crippen MR) is 79.2 cm³/mol. The topological polar surface area (TPSA) is 59.2 Å². The van der Waals surface area contributed by atoms with E-state index in [9.17, 15) is 9.18 Å². The van der Waals surface area contributed by atoms with E-state index in [1.54, 1.807) is 11.0 Å². The number of fused-ring (bicyclic) bond motifs is 1. The molecule has 2 aromatic rings. The van der Waals surface area contributed by atoms with Gasteiger partial charge in [-0.1, -0.05) is 25.1 Å². The van der Waals surface area contributed by atoms with Crippen molar-refractivity contribution < 1.29 is 13.7 Å². The molecule has 0 bridgehead atoms. The summed E-state index contributed by atoms with van der Waals surface area (Å²) in [6, 6.07) is 4.59. The van der Waals surface area contributed by atoms with Crippen molar-refractivity contribution in [1.82, 2.24) is 10.1 Å². The van der Waals surface area contributed by atoms with Gasteiger partial charge in [-0.05, 0) is 24.1 Å². The molecule has 0 radical (unpaired) electrons. The summed E-state index contributed by atoms with van der Waals surface area (Å²) in [4.78, 5) is 18.2. The van der Waals surface area contributed by atoms with Crippen molar-refractivity contribution in [2.75, 3.05) is 11.4 Å². The first-order valence-corrected chi connectivity index (χ1v) is 7.46. The largest absolute Gasteiger partial charge is 0.339 e. The molecule has 3 rings (SSSR count). The van der Waals surface area contributed by atoms with Crippen LogP contribution in [0.15, 0.2) is 22.7 Å². The molecule has 0 N–H and O–H groups in total. The SMILES string of the molecule is CC(C)c1noc(CCC(=O)N2CCc3ccc(F)cc32)n1. The van der Waals surface area contributed by atoms with Crippen LogP contribution in [0.1, 0.15) is 43.5 Å². The van der Waals surface area contributed by atoms with Crippen LogP contribution in [-0.4, -0.2) is 22.6 Å². The second-order valence-corrected chi connectivity index (χ2v) is 5.77. The fourth-order valence-corrected chi connectivity index (χ4v) is 2.56. The van der Waals surface area contributed by atoms with Crippen molar-refractivity contribution in [2.24, 2.45) is 0 Å². The minimum atomic E-state index is -0.322. The lowest BCUT2D eigenvalue weighted by Gasteiger charge is -2.16. The Morgan fingerprint density at radius 2 is 2.27 bits per heavy atom. The van der Waals surface area contributed by atoms with E-state index < -0.39 is 0 Å². The highest BCUT2D eigenvalue weighted by atomic mass is 19.1. The summed E-state index contributed by atoms with van der Waals surface area (Å²) < 4.78 is 18.5. The van der Waals surface area contributed by atoms with Crippen molar-refractivity contribution in [3.63, 3.8) is 0 Å². The van der Waals surface area contributed by atoms with E-state index in [2.05, 4.69) is 10.1 Å². The molecule has 0 fully saturated rings. The van der Waals surface area contributed by atoms with Gasteiger partial charge in [0.1, 0.15) is 5.82 Å². The lowest BCUT2D eigenvalue weighted by molar-refractivity contribution is -0.118. The minimum absolute atomic E-state index is 0.0475. The van der Waals surface area contributed by atoms with Crippen LogP contribution in [0.25, 0.3) is 0 Å². The van der Waals surface area contributed by atoms with E-state index in [1.165, 1.54) is 12.1 Å². The molecule has 0 aliphatic carbocycles. The Hall–Kier alpha value is -2.24. The number of hydrogen-bond acceptors (Lipinski definition) is 4. The first kappa shape index (κ1) is 14.7. The van der Waals surface area contributed by atoms with Gasteiger partial charge < -0.3 is 9.42 Å². The number of aryl methyl sites for hydroxylation is 1. The first-order valence-electron chi connectivity index (χ1n) is 7.46. The quantitative estimate of drug-likeness (QED) is 0.871. The Morgan fingerprint density at radius 1 is 1.45 bits per heavy atom. The monoisotopic (exact) mass is 303 g/mol. The summed E-state index contributed by atoms with van der Waals surface area (Å²) in [5, 5.41) is 3.88. The zero-order valence-electron chi connectivity index (χ0n) is 12.7. The second kappa shape index (κ2) is 5.87. The van der Waals surface area contributed by atoms with Gasteiger partial charge in [-0.15, -0.1) is 0 Å². The number of benzene rings is 1. The molecular weight excluding hydrogens is 285 g/mol. The molecule has 6 heteroatoms. The van der Waals surface area contributed by atoms with Crippen LogP contribution < -0.4 is 4.90 Å². The Labute approximate surface area is 128 Å². The smallest absolute Gasteiger partial charge is 0.227 e. The first-order chi connectivity index (χ1) is 10.5. The summed E-state index contributed by atoms with van der Waals surface area (Å²) in [7, 11) is 0. The van der Waals surface area contributed by atoms with E-state index >= 15 is 0 Å². The molecule has 116 valence electrons. The lowest BCUT2D eigenvalue weighted by atomic mass is 10.1. The van der Waals surface area contributed by atoms with Gasteiger partial charge in [0.25, 0.3) is 0 Å². The maximum atomic E-state index is 13.4. The summed E-state index contributed by atoms with van der Waals surface area (Å²) in [5.41, 5.74) is 1.69. The van der Waals surface area contributed by atoms with Crippen LogP contribution in [0.3, 0.4) is 0 Å². The standard InChI is InChI=1S/C16H18FN3O2/c1-10(2)16-18-14(22-19-16)5-6-15(21)20-8-7-11-3-4-12(17)9-13(11)20/h3-4,9-10H,5-8H2,1-2H3. The molecule has 5 nitrogen and oxygen atoms in total. The molecule has 0 unspecified atom stereocenters. The summed E-state index contributed by atoms with van der Waals surface area (Å²) in [6.07, 6.45) is 1.44. The summed E-state index contributed by atoms with van der Waals surface area (Å²) >= 11 is 0. The molecule has 1 aliphatic rings. The third kappa shape index (κ3) is 2.86. The Morgan fingerprint density at radius 3 is 3.00 bits per heavy atom. The van der Waals surface area contributed by atoms with Crippen molar-refractivity contribution in [3.05, 3.63) is 41.3 Å². The van der Waals surface area contributed by atoms with E-state index in [4.69, 9.17) is 4.52 Å². The van der Waals surface area contributed by atoms with Gasteiger partial charge in [-0.25, -0.2) is 4.39 Å². The number of aromatic nitrogens is 2. The molecule has 0 saturated carbocycles. The number of anilines is 1. The van der Waals surface area contributed by atoms with Gasteiger partial charge in [0.2, 0.25) is 11.8 Å². The van der Waals surface area contributed by atoms with Crippen LogP contribution in [0.2, 0.25) is 0 Å². The van der Waals surface area contributed by atoms with Crippen LogP contribution in [0, 0.1) is 5.82 Å². The number of nitrogens with zero attached hydrogens (tertiary/aromatic N) is 3. The highest BCUT2D eigenvalue weighted by molar-refractivity contribution is 5.95. The second-order valence-electron chi connectivity index (χ2n) is 5.77. The zero-order valence-corrected chi connectivity index (χ0v) is 12.7. The molecule has 1 aromatic heterocycles. The van der Waals surface area contributed by atoms with Crippen molar-refractivity contribution in [2.45, 2.75) is 39.0 Å². The Kier molecular flexibility index (Phi) is 3.92. The number of carbonyl (C=O) groups is 1. The zero-order chi connectivity index (χ0) is 15.7. The highest BCUT2D eigenvalue weighted by Gasteiger charge is 2.25. The maximum Gasteiger partial charge on any atom is 0.227 e. The van der Waals surface area contributed by atoms with E-state index in [1.807, 2.05) is 13.8 Å². The molecule has 0 atom stereocenters. The third-order valence-electron chi connectivity index (χ3n) is 3.80. The Balaban J connectivity index is 1.65. The van der Waals surface area contributed by atoms with Crippen molar-refractivity contribution >= 4 is 11.6 Å². The van der Waals surface area contributed by atoms with E-state index in [0.717, 1.165) is 12.0 Å². The number of hydrogen-bond donors (Lipinski definition) is 0. The molecule has 1 aliphatic heterocycles. The average molecular weight is 303 g/mol. The van der Waals surface area contributed by atoms with Gasteiger partial charge in [0.15, 0.2) is 5.82 Å². The van der Waals surface area contributed by atoms with E-state index in [-0.39, 0.29) is 24.1 Å². The van der Waals surface area contributed by atoms with Crippen LogP contribution in [0.5, 0.6) is 0 Å².